The molecule has 0 saturated carbocycles. The minimum atomic E-state index is -0.301. The fraction of sp³-hybridized carbons (Fsp3) is 0.429. The van der Waals surface area contributed by atoms with Gasteiger partial charge in [-0.1, -0.05) is 38.1 Å². The number of amides is 3. The van der Waals surface area contributed by atoms with E-state index < -0.39 is 0 Å². The molecule has 0 spiro atoms. The summed E-state index contributed by atoms with van der Waals surface area (Å²) in [6.45, 7) is 15.4. The number of para-hydroxylation sites is 1. The molecule has 5 rings (SSSR count). The van der Waals surface area contributed by atoms with Gasteiger partial charge in [0.25, 0.3) is 5.91 Å². The summed E-state index contributed by atoms with van der Waals surface area (Å²) >= 11 is 0. The fourth-order valence-corrected chi connectivity index (χ4v) is 6.04. The van der Waals surface area contributed by atoms with Crippen LogP contribution in [0.5, 0.6) is 0 Å². The molecule has 3 amide bonds. The number of nitrogens with zero attached hydrogens (tertiary/aromatic N) is 6. The number of hydrogen-bond acceptors (Lipinski definition) is 7. The summed E-state index contributed by atoms with van der Waals surface area (Å²) in [5.74, 6) is -0.293. The maximum atomic E-state index is 13.6. The van der Waals surface area contributed by atoms with E-state index >= 15 is 0 Å². The molecule has 0 unspecified atom stereocenters. The van der Waals surface area contributed by atoms with Gasteiger partial charge in [-0.2, -0.15) is 0 Å². The molecule has 3 heterocycles. The molecule has 2 aliphatic heterocycles. The number of likely N-dealkylation sites (N-methyl/N-ethyl adjacent to an activating group) is 3. The second-order valence-electron chi connectivity index (χ2n) is 11.5. The van der Waals surface area contributed by atoms with Crippen molar-refractivity contribution in [2.75, 3.05) is 74.0 Å². The highest BCUT2D eigenvalue weighted by molar-refractivity contribution is 6.17. The van der Waals surface area contributed by atoms with Crippen LogP contribution in [0.1, 0.15) is 49.5 Å². The third-order valence-electron chi connectivity index (χ3n) is 8.83. The predicted octanol–water partition coefficient (Wildman–Crippen LogP) is 4.60. The Morgan fingerprint density at radius 1 is 0.867 bits per heavy atom. The molecule has 0 bridgehead atoms. The molecule has 10 heteroatoms. The van der Waals surface area contributed by atoms with Crippen LogP contribution in [0.25, 0.3) is 0 Å². The van der Waals surface area contributed by atoms with E-state index in [9.17, 15) is 14.4 Å². The van der Waals surface area contributed by atoms with Gasteiger partial charge in [0.1, 0.15) is 0 Å². The summed E-state index contributed by atoms with van der Waals surface area (Å²) in [7, 11) is 0. The molecule has 238 valence electrons. The van der Waals surface area contributed by atoms with Crippen LogP contribution in [0.2, 0.25) is 0 Å². The first-order valence-electron chi connectivity index (χ1n) is 16.2. The van der Waals surface area contributed by atoms with Crippen LogP contribution in [-0.4, -0.2) is 96.3 Å². The lowest BCUT2D eigenvalue weighted by atomic mass is 10.1. The number of pyridine rings is 1. The lowest BCUT2D eigenvalue weighted by Crippen LogP contribution is -2.46. The molecule has 0 radical (unpaired) electrons. The van der Waals surface area contributed by atoms with E-state index in [0.717, 1.165) is 52.4 Å². The van der Waals surface area contributed by atoms with Gasteiger partial charge in [0.15, 0.2) is 5.82 Å². The number of hydrogen-bond donors (Lipinski definition) is 1. The van der Waals surface area contributed by atoms with Crippen molar-refractivity contribution in [2.24, 2.45) is 0 Å². The van der Waals surface area contributed by atoms with Crippen molar-refractivity contribution in [2.45, 2.75) is 40.2 Å². The highest BCUT2D eigenvalue weighted by atomic mass is 16.2. The fourth-order valence-electron chi connectivity index (χ4n) is 6.04. The van der Waals surface area contributed by atoms with Crippen LogP contribution in [-0.2, 0) is 16.1 Å². The summed E-state index contributed by atoms with van der Waals surface area (Å²) < 4.78 is 0. The highest BCUT2D eigenvalue weighted by Crippen LogP contribution is 2.36. The summed E-state index contributed by atoms with van der Waals surface area (Å²) in [4.78, 5) is 54.8. The topological polar surface area (TPSA) is 92.3 Å². The first kappa shape index (κ1) is 32.1. The Labute approximate surface area is 266 Å². The Hall–Kier alpha value is -4.28. The molecular weight excluding hydrogens is 566 g/mol. The van der Waals surface area contributed by atoms with Crippen LogP contribution in [0.15, 0.2) is 66.9 Å². The monoisotopic (exact) mass is 611 g/mol. The number of nitrogens with one attached hydrogen (secondary N) is 1. The Kier molecular flexibility index (Phi) is 10.8. The van der Waals surface area contributed by atoms with E-state index in [4.69, 9.17) is 0 Å². The second kappa shape index (κ2) is 15.1. The average molecular weight is 612 g/mol. The number of rotatable bonds is 12. The van der Waals surface area contributed by atoms with Gasteiger partial charge in [0.2, 0.25) is 11.8 Å². The van der Waals surface area contributed by atoms with Crippen molar-refractivity contribution in [3.05, 3.63) is 78.0 Å². The molecule has 1 fully saturated rings. The lowest BCUT2D eigenvalue weighted by Gasteiger charge is -2.35. The third-order valence-corrected chi connectivity index (χ3v) is 8.83. The molecule has 3 aromatic rings. The molecule has 45 heavy (non-hydrogen) atoms. The van der Waals surface area contributed by atoms with Crippen LogP contribution in [0, 0.1) is 0 Å². The summed E-state index contributed by atoms with van der Waals surface area (Å²) in [6.07, 6.45) is 1.67. The molecule has 0 atom stereocenters. The number of carbonyl (C=O) groups excluding carboxylic acids is 3. The van der Waals surface area contributed by atoms with Crippen LogP contribution in [0.4, 0.5) is 22.9 Å². The molecule has 1 aromatic heterocycles. The summed E-state index contributed by atoms with van der Waals surface area (Å²) in [5, 5.41) is 2.85. The Morgan fingerprint density at radius 2 is 1.62 bits per heavy atom. The van der Waals surface area contributed by atoms with Crippen molar-refractivity contribution in [1.82, 2.24) is 19.7 Å². The standard InChI is InChI=1S/C35H45N7O3/c1-4-38-20-24-41(25-21-38)28-15-13-27(14-16-28)26-39(5-2)22-23-40(6-3)32(43)17-18-33(44)42-31-12-8-7-10-29(31)35(45)37-30-11-9-19-36-34(30)42/h7-16,19H,4-6,17-18,20-26H2,1-3H3,(H,37,45). The third kappa shape index (κ3) is 7.69. The molecule has 2 aromatic carbocycles. The number of carbonyl (C=O) groups is 3. The summed E-state index contributed by atoms with van der Waals surface area (Å²) in [6, 6.07) is 19.3. The lowest BCUT2D eigenvalue weighted by molar-refractivity contribution is -0.133. The van der Waals surface area contributed by atoms with E-state index in [0.29, 0.717) is 35.8 Å². The maximum Gasteiger partial charge on any atom is 0.257 e. The van der Waals surface area contributed by atoms with Gasteiger partial charge < -0.3 is 20.0 Å². The predicted molar refractivity (Wildman–Crippen MR) is 179 cm³/mol. The van der Waals surface area contributed by atoms with Gasteiger partial charge in [0, 0.05) is 77.1 Å². The molecule has 1 saturated heterocycles. The van der Waals surface area contributed by atoms with Gasteiger partial charge >= 0.3 is 0 Å². The second-order valence-corrected chi connectivity index (χ2v) is 11.5. The number of piperazine rings is 1. The van der Waals surface area contributed by atoms with Crippen molar-refractivity contribution in [3.8, 4) is 0 Å². The van der Waals surface area contributed by atoms with Gasteiger partial charge in [-0.3, -0.25) is 24.2 Å². The van der Waals surface area contributed by atoms with Crippen LogP contribution >= 0.6 is 0 Å². The van der Waals surface area contributed by atoms with E-state index in [1.54, 1.807) is 42.6 Å². The van der Waals surface area contributed by atoms with Gasteiger partial charge in [-0.05, 0) is 62.0 Å². The van der Waals surface area contributed by atoms with E-state index in [1.807, 2.05) is 11.8 Å². The Balaban J connectivity index is 1.16. The minimum Gasteiger partial charge on any atom is -0.369 e. The van der Waals surface area contributed by atoms with E-state index in [2.05, 4.69) is 63.1 Å². The van der Waals surface area contributed by atoms with Crippen molar-refractivity contribution in [1.29, 1.82) is 0 Å². The van der Waals surface area contributed by atoms with Crippen LogP contribution in [0.3, 0.4) is 0 Å². The van der Waals surface area contributed by atoms with Gasteiger partial charge in [0.05, 0.1) is 16.9 Å². The average Bonchev–Trinajstić information content (AvgIpc) is 3.20. The number of anilines is 4. The van der Waals surface area contributed by atoms with E-state index in [1.165, 1.54) is 16.2 Å². The first-order chi connectivity index (χ1) is 21.9. The SMILES string of the molecule is CCN1CCN(c2ccc(CN(CC)CCN(CC)C(=O)CCC(=O)N3c4ccccc4C(=O)Nc4cccnc43)cc2)CC1. The zero-order chi connectivity index (χ0) is 31.8. The highest BCUT2D eigenvalue weighted by Gasteiger charge is 2.30. The smallest absolute Gasteiger partial charge is 0.257 e. The van der Waals surface area contributed by atoms with Crippen molar-refractivity contribution < 1.29 is 14.4 Å². The Morgan fingerprint density at radius 3 is 2.33 bits per heavy atom. The minimum absolute atomic E-state index is 0.00517. The zero-order valence-electron chi connectivity index (χ0n) is 26.7. The number of aromatic nitrogens is 1. The number of benzene rings is 2. The van der Waals surface area contributed by atoms with Crippen molar-refractivity contribution in [3.63, 3.8) is 0 Å². The van der Waals surface area contributed by atoms with E-state index in [-0.39, 0.29) is 30.6 Å². The van der Waals surface area contributed by atoms with Gasteiger partial charge in [-0.15, -0.1) is 0 Å². The Bertz CT molecular complexity index is 1470. The largest absolute Gasteiger partial charge is 0.369 e. The maximum absolute atomic E-state index is 13.6. The molecular formula is C35H45N7O3. The molecule has 0 aliphatic carbocycles. The number of fused-ring (bicyclic) bond motifs is 2. The first-order valence-corrected chi connectivity index (χ1v) is 16.2. The summed E-state index contributed by atoms with van der Waals surface area (Å²) in [5.41, 5.74) is 3.84. The zero-order valence-corrected chi connectivity index (χ0v) is 26.7. The molecule has 2 aliphatic rings. The quantitative estimate of drug-likeness (QED) is 0.320. The molecule has 10 nitrogen and oxygen atoms in total. The van der Waals surface area contributed by atoms with Crippen molar-refractivity contribution >= 4 is 40.6 Å². The van der Waals surface area contributed by atoms with Crippen LogP contribution < -0.4 is 15.1 Å². The molecule has 1 N–H and O–H groups in total. The van der Waals surface area contributed by atoms with Gasteiger partial charge in [-0.25, -0.2) is 4.98 Å². The normalized spacial score (nSPS) is 14.9.